The summed E-state index contributed by atoms with van der Waals surface area (Å²) in [5.41, 5.74) is 3.16. The molecule has 0 amide bonds. The van der Waals surface area contributed by atoms with Gasteiger partial charge in [0.05, 0.1) is 18.9 Å². The summed E-state index contributed by atoms with van der Waals surface area (Å²) in [6.45, 7) is 6.66. The molecule has 1 fully saturated rings. The van der Waals surface area contributed by atoms with Crippen LogP contribution in [0.1, 0.15) is 6.42 Å². The van der Waals surface area contributed by atoms with Gasteiger partial charge in [0, 0.05) is 55.6 Å². The van der Waals surface area contributed by atoms with Crippen LogP contribution in [0.5, 0.6) is 0 Å². The first-order valence-electron chi connectivity index (χ1n) is 8.83. The van der Waals surface area contributed by atoms with E-state index in [4.69, 9.17) is 4.74 Å². The number of pyridine rings is 1. The molecule has 2 N–H and O–H groups in total. The molecule has 1 aliphatic heterocycles. The van der Waals surface area contributed by atoms with Gasteiger partial charge in [0.2, 0.25) is 0 Å². The Morgan fingerprint density at radius 1 is 1.31 bits per heavy atom. The summed E-state index contributed by atoms with van der Waals surface area (Å²) in [7, 11) is 1.92. The van der Waals surface area contributed by atoms with Gasteiger partial charge in [-0.05, 0) is 23.1 Å². The van der Waals surface area contributed by atoms with Crippen molar-refractivity contribution < 1.29 is 4.74 Å². The highest BCUT2D eigenvalue weighted by atomic mass is 16.5. The van der Waals surface area contributed by atoms with Gasteiger partial charge in [0.15, 0.2) is 0 Å². The first-order chi connectivity index (χ1) is 12.7. The highest BCUT2D eigenvalue weighted by molar-refractivity contribution is 5.88. The fourth-order valence-corrected chi connectivity index (χ4v) is 3.22. The maximum Gasteiger partial charge on any atom is 0.130 e. The van der Waals surface area contributed by atoms with E-state index >= 15 is 0 Å². The average molecular weight is 349 g/mol. The van der Waals surface area contributed by atoms with Crippen LogP contribution in [-0.4, -0.2) is 40.6 Å². The number of benzene rings is 1. The van der Waals surface area contributed by atoms with Crippen LogP contribution in [0.3, 0.4) is 0 Å². The molecule has 1 aromatic carbocycles. The Bertz CT molecular complexity index is 927. The van der Waals surface area contributed by atoms with Gasteiger partial charge in [0.1, 0.15) is 5.82 Å². The maximum absolute atomic E-state index is 5.73. The summed E-state index contributed by atoms with van der Waals surface area (Å²) < 4.78 is 7.54. The van der Waals surface area contributed by atoms with Crippen molar-refractivity contribution in [1.82, 2.24) is 20.1 Å². The molecule has 0 saturated carbocycles. The zero-order valence-electron chi connectivity index (χ0n) is 14.9. The largest absolute Gasteiger partial charge is 0.375 e. The summed E-state index contributed by atoms with van der Waals surface area (Å²) in [4.78, 5) is 4.50. The number of fused-ring (bicyclic) bond motifs is 1. The number of morpholine rings is 1. The Morgan fingerprint density at radius 2 is 2.23 bits per heavy atom. The minimum absolute atomic E-state index is 0.168. The third kappa shape index (κ3) is 3.76. The van der Waals surface area contributed by atoms with Gasteiger partial charge in [-0.1, -0.05) is 18.7 Å². The van der Waals surface area contributed by atoms with E-state index in [0.717, 1.165) is 59.5 Å². The van der Waals surface area contributed by atoms with Crippen molar-refractivity contribution >= 4 is 16.6 Å². The van der Waals surface area contributed by atoms with Crippen molar-refractivity contribution in [2.24, 2.45) is 7.05 Å². The molecule has 0 aliphatic carbocycles. The smallest absolute Gasteiger partial charge is 0.130 e. The SMILES string of the molecule is C=C(CC1CNCCO1)Nc1cc2cc(-c3cnn(C)c3)ccc2cn1. The molecule has 1 aliphatic rings. The van der Waals surface area contributed by atoms with Gasteiger partial charge >= 0.3 is 0 Å². The molecule has 1 atom stereocenters. The van der Waals surface area contributed by atoms with Crippen molar-refractivity contribution in [2.75, 3.05) is 25.0 Å². The van der Waals surface area contributed by atoms with Crippen molar-refractivity contribution in [3.8, 4) is 11.1 Å². The highest BCUT2D eigenvalue weighted by Gasteiger charge is 2.14. The summed E-state index contributed by atoms with van der Waals surface area (Å²) in [5.74, 6) is 0.801. The van der Waals surface area contributed by atoms with Crippen LogP contribution in [0, 0.1) is 0 Å². The summed E-state index contributed by atoms with van der Waals surface area (Å²) in [6.07, 6.45) is 6.71. The second kappa shape index (κ2) is 7.27. The molecule has 134 valence electrons. The molecule has 1 unspecified atom stereocenters. The fourth-order valence-electron chi connectivity index (χ4n) is 3.22. The number of nitrogens with zero attached hydrogens (tertiary/aromatic N) is 3. The average Bonchev–Trinajstić information content (AvgIpc) is 3.08. The normalized spacial score (nSPS) is 17.3. The molecule has 26 heavy (non-hydrogen) atoms. The summed E-state index contributed by atoms with van der Waals surface area (Å²) in [6, 6.07) is 8.40. The quantitative estimate of drug-likeness (QED) is 0.741. The van der Waals surface area contributed by atoms with Crippen LogP contribution in [0.15, 0.2) is 55.1 Å². The number of aryl methyl sites for hydroxylation is 1. The number of hydrogen-bond acceptors (Lipinski definition) is 5. The molecule has 4 rings (SSSR count). The number of ether oxygens (including phenoxy) is 1. The third-order valence-corrected chi connectivity index (χ3v) is 4.54. The lowest BCUT2D eigenvalue weighted by Crippen LogP contribution is -2.38. The minimum Gasteiger partial charge on any atom is -0.375 e. The van der Waals surface area contributed by atoms with Crippen LogP contribution in [0.4, 0.5) is 5.82 Å². The van der Waals surface area contributed by atoms with Crippen LogP contribution in [-0.2, 0) is 11.8 Å². The Kier molecular flexibility index (Phi) is 4.69. The van der Waals surface area contributed by atoms with Gasteiger partial charge in [-0.3, -0.25) is 4.68 Å². The van der Waals surface area contributed by atoms with Crippen LogP contribution in [0.2, 0.25) is 0 Å². The first kappa shape index (κ1) is 16.8. The van der Waals surface area contributed by atoms with Crippen LogP contribution in [0.25, 0.3) is 21.9 Å². The zero-order chi connectivity index (χ0) is 17.9. The minimum atomic E-state index is 0.168. The second-order valence-electron chi connectivity index (χ2n) is 6.66. The molecule has 1 saturated heterocycles. The van der Waals surface area contributed by atoms with Gasteiger partial charge in [-0.25, -0.2) is 4.98 Å². The fraction of sp³-hybridized carbons (Fsp3) is 0.300. The molecular weight excluding hydrogens is 326 g/mol. The zero-order valence-corrected chi connectivity index (χ0v) is 14.9. The highest BCUT2D eigenvalue weighted by Crippen LogP contribution is 2.25. The Morgan fingerprint density at radius 3 is 3.00 bits per heavy atom. The number of aromatic nitrogens is 3. The number of nitrogens with one attached hydrogen (secondary N) is 2. The summed E-state index contributed by atoms with van der Waals surface area (Å²) in [5, 5.41) is 13.1. The number of hydrogen-bond donors (Lipinski definition) is 2. The van der Waals surface area contributed by atoms with E-state index in [1.165, 1.54) is 0 Å². The van der Waals surface area contributed by atoms with Crippen molar-refractivity contribution in [2.45, 2.75) is 12.5 Å². The van der Waals surface area contributed by atoms with Crippen molar-refractivity contribution in [3.63, 3.8) is 0 Å². The lowest BCUT2D eigenvalue weighted by molar-refractivity contribution is 0.0295. The molecule has 0 spiro atoms. The van der Waals surface area contributed by atoms with Crippen molar-refractivity contribution in [1.29, 1.82) is 0 Å². The van der Waals surface area contributed by atoms with Crippen molar-refractivity contribution in [3.05, 3.63) is 55.1 Å². The standard InChI is InChI=1S/C20H23N5O/c1-14(7-19-12-21-5-6-26-19)24-20-9-17-8-15(3-4-16(17)10-22-20)18-11-23-25(2)13-18/h3-4,8-11,13,19,21H,1,5-7,12H2,2H3,(H,22,24). The molecule has 6 heteroatoms. The molecule has 6 nitrogen and oxygen atoms in total. The number of rotatable bonds is 5. The van der Waals surface area contributed by atoms with Gasteiger partial charge < -0.3 is 15.4 Å². The Hall–Kier alpha value is -2.70. The lowest BCUT2D eigenvalue weighted by Gasteiger charge is -2.24. The van der Waals surface area contributed by atoms with Gasteiger partial charge in [0.25, 0.3) is 0 Å². The maximum atomic E-state index is 5.73. The van der Waals surface area contributed by atoms with E-state index in [1.807, 2.05) is 30.3 Å². The van der Waals surface area contributed by atoms with E-state index in [2.05, 4.69) is 51.6 Å². The monoisotopic (exact) mass is 349 g/mol. The van der Waals surface area contributed by atoms with E-state index in [9.17, 15) is 0 Å². The predicted octanol–water partition coefficient (Wildman–Crippen LogP) is 2.94. The first-order valence-corrected chi connectivity index (χ1v) is 8.83. The van der Waals surface area contributed by atoms with Gasteiger partial charge in [-0.2, -0.15) is 5.10 Å². The molecule has 0 radical (unpaired) electrons. The molecular formula is C20H23N5O. The molecule has 2 aromatic heterocycles. The molecule has 3 aromatic rings. The van der Waals surface area contributed by atoms with E-state index in [0.29, 0.717) is 0 Å². The predicted molar refractivity (Wildman–Crippen MR) is 104 cm³/mol. The van der Waals surface area contributed by atoms with Crippen LogP contribution < -0.4 is 10.6 Å². The third-order valence-electron chi connectivity index (χ3n) is 4.54. The molecule has 0 bridgehead atoms. The van der Waals surface area contributed by atoms with E-state index in [1.54, 1.807) is 0 Å². The van der Waals surface area contributed by atoms with Gasteiger partial charge in [-0.15, -0.1) is 0 Å². The molecule has 3 heterocycles. The second-order valence-corrected chi connectivity index (χ2v) is 6.66. The Labute approximate surface area is 152 Å². The summed E-state index contributed by atoms with van der Waals surface area (Å²) >= 11 is 0. The topological polar surface area (TPSA) is 64.0 Å². The van der Waals surface area contributed by atoms with Crippen LogP contribution >= 0.6 is 0 Å². The number of anilines is 1. The lowest BCUT2D eigenvalue weighted by atomic mass is 10.0. The van der Waals surface area contributed by atoms with E-state index < -0.39 is 0 Å². The van der Waals surface area contributed by atoms with E-state index in [-0.39, 0.29) is 6.10 Å². The Balaban J connectivity index is 1.51.